The molecule has 0 aliphatic rings. The highest BCUT2D eigenvalue weighted by atomic mass is 16.5. The van der Waals surface area contributed by atoms with Gasteiger partial charge in [-0.15, -0.1) is 0 Å². The lowest BCUT2D eigenvalue weighted by atomic mass is 10.2. The van der Waals surface area contributed by atoms with Crippen LogP contribution >= 0.6 is 0 Å². The summed E-state index contributed by atoms with van der Waals surface area (Å²) in [6.45, 7) is 0. The molecule has 0 unspecified atom stereocenters. The van der Waals surface area contributed by atoms with E-state index in [0.29, 0.717) is 0 Å². The fourth-order valence-corrected chi connectivity index (χ4v) is 0.889. The van der Waals surface area contributed by atoms with E-state index in [0.717, 1.165) is 0 Å². The van der Waals surface area contributed by atoms with E-state index in [1.165, 1.54) is 29.7 Å². The zero-order chi connectivity index (χ0) is 10.6. The van der Waals surface area contributed by atoms with E-state index < -0.39 is 12.0 Å². The van der Waals surface area contributed by atoms with Crippen LogP contribution in [0.4, 0.5) is 10.5 Å². The molecule has 6 heteroatoms. The number of carboxylic acid groups (broad SMARTS) is 1. The maximum atomic E-state index is 10.6. The van der Waals surface area contributed by atoms with E-state index in [4.69, 9.17) is 10.3 Å². The summed E-state index contributed by atoms with van der Waals surface area (Å²) in [5.41, 5.74) is 1.71. The third-order valence-electron chi connectivity index (χ3n) is 1.47. The number of anilines is 1. The molecular weight excluding hydrogens is 188 g/mol. The molecule has 1 rings (SSSR count). The molecule has 0 saturated carbocycles. The molecule has 0 fully saturated rings. The zero-order valence-corrected chi connectivity index (χ0v) is 7.02. The van der Waals surface area contributed by atoms with Gasteiger partial charge in [-0.25, -0.2) is 15.1 Å². The largest absolute Gasteiger partial charge is 0.478 e. The van der Waals surface area contributed by atoms with Crippen LogP contribution in [0.5, 0.6) is 0 Å². The monoisotopic (exact) mass is 196 g/mol. The fraction of sp³-hybridized carbons (Fsp3) is 0. The number of hydrogen-bond acceptors (Lipinski definition) is 3. The second-order valence-corrected chi connectivity index (χ2v) is 2.45. The molecule has 0 aromatic heterocycles. The number of carbonyl (C=O) groups excluding carboxylic acids is 1. The zero-order valence-electron chi connectivity index (χ0n) is 7.02. The topological polar surface area (TPSA) is 98.7 Å². The summed E-state index contributed by atoms with van der Waals surface area (Å²) in [5, 5.41) is 19.0. The number of carbonyl (C=O) groups is 2. The summed E-state index contributed by atoms with van der Waals surface area (Å²) >= 11 is 0. The molecule has 0 radical (unpaired) electrons. The van der Waals surface area contributed by atoms with Crippen molar-refractivity contribution in [2.45, 2.75) is 0 Å². The van der Waals surface area contributed by atoms with Gasteiger partial charge in [0.05, 0.1) is 5.56 Å². The molecule has 0 atom stereocenters. The van der Waals surface area contributed by atoms with E-state index in [1.54, 1.807) is 0 Å². The van der Waals surface area contributed by atoms with E-state index in [9.17, 15) is 9.59 Å². The predicted octanol–water partition coefficient (Wildman–Crippen LogP) is 0.896. The Morgan fingerprint density at radius 1 is 1.29 bits per heavy atom. The Balaban J connectivity index is 2.83. The van der Waals surface area contributed by atoms with Crippen molar-refractivity contribution in [3.8, 4) is 0 Å². The van der Waals surface area contributed by atoms with Crippen molar-refractivity contribution < 1.29 is 19.9 Å². The summed E-state index contributed by atoms with van der Waals surface area (Å²) < 4.78 is 0. The van der Waals surface area contributed by atoms with Gasteiger partial charge in [0, 0.05) is 5.69 Å². The van der Waals surface area contributed by atoms with E-state index in [-0.39, 0.29) is 11.3 Å². The molecule has 0 heterocycles. The minimum atomic E-state index is -1.09. The van der Waals surface area contributed by atoms with E-state index >= 15 is 0 Å². The first-order valence-corrected chi connectivity index (χ1v) is 3.68. The van der Waals surface area contributed by atoms with Gasteiger partial charge in [-0.05, 0) is 18.2 Å². The highest BCUT2D eigenvalue weighted by molar-refractivity contribution is 5.92. The lowest BCUT2D eigenvalue weighted by molar-refractivity contribution is 0.0697. The SMILES string of the molecule is O=C(NO)Nc1cccc(C(=O)O)c1. The van der Waals surface area contributed by atoms with E-state index in [2.05, 4.69) is 5.32 Å². The van der Waals surface area contributed by atoms with Gasteiger partial charge >= 0.3 is 12.0 Å². The third kappa shape index (κ3) is 2.46. The van der Waals surface area contributed by atoms with Gasteiger partial charge in [-0.1, -0.05) is 6.07 Å². The molecule has 0 spiro atoms. The molecule has 0 aliphatic heterocycles. The van der Waals surface area contributed by atoms with Crippen molar-refractivity contribution in [1.82, 2.24) is 5.48 Å². The fourth-order valence-electron chi connectivity index (χ4n) is 0.889. The second-order valence-electron chi connectivity index (χ2n) is 2.45. The number of amides is 2. The molecule has 2 amide bonds. The van der Waals surface area contributed by atoms with Crippen LogP contribution in [0.3, 0.4) is 0 Å². The molecule has 1 aromatic rings. The van der Waals surface area contributed by atoms with Gasteiger partial charge in [0.2, 0.25) is 0 Å². The minimum Gasteiger partial charge on any atom is -0.478 e. The molecular formula is C8H8N2O4. The number of urea groups is 1. The first-order chi connectivity index (χ1) is 6.63. The summed E-state index contributed by atoms with van der Waals surface area (Å²) in [6, 6.07) is 4.83. The highest BCUT2D eigenvalue weighted by Gasteiger charge is 2.04. The molecule has 14 heavy (non-hydrogen) atoms. The van der Waals surface area contributed by atoms with E-state index in [1.807, 2.05) is 0 Å². The van der Waals surface area contributed by atoms with Crippen LogP contribution in [-0.4, -0.2) is 22.3 Å². The number of carboxylic acids is 1. The van der Waals surface area contributed by atoms with Gasteiger partial charge in [-0.3, -0.25) is 5.21 Å². The Kier molecular flexibility index (Phi) is 3.03. The van der Waals surface area contributed by atoms with Crippen LogP contribution in [0.1, 0.15) is 10.4 Å². The van der Waals surface area contributed by atoms with Gasteiger partial charge < -0.3 is 10.4 Å². The summed E-state index contributed by atoms with van der Waals surface area (Å²) in [6.07, 6.45) is 0. The average Bonchev–Trinajstić information content (AvgIpc) is 2.18. The number of rotatable bonds is 2. The normalized spacial score (nSPS) is 9.21. The van der Waals surface area contributed by atoms with Crippen LogP contribution in [0.25, 0.3) is 0 Å². The van der Waals surface area contributed by atoms with Crippen LogP contribution in [0, 0.1) is 0 Å². The van der Waals surface area contributed by atoms with Crippen LogP contribution in [-0.2, 0) is 0 Å². The lowest BCUT2D eigenvalue weighted by Crippen LogP contribution is -2.25. The summed E-state index contributed by atoms with van der Waals surface area (Å²) in [4.78, 5) is 21.2. The first kappa shape index (κ1) is 10.0. The van der Waals surface area contributed by atoms with Crippen molar-refractivity contribution in [2.24, 2.45) is 0 Å². The number of hydroxylamine groups is 1. The van der Waals surface area contributed by atoms with Crippen LogP contribution in [0.15, 0.2) is 24.3 Å². The average molecular weight is 196 g/mol. The predicted molar refractivity (Wildman–Crippen MR) is 47.3 cm³/mol. The second kappa shape index (κ2) is 4.24. The molecule has 0 bridgehead atoms. The van der Waals surface area contributed by atoms with Gasteiger partial charge in [0.25, 0.3) is 0 Å². The number of hydrogen-bond donors (Lipinski definition) is 4. The Hall–Kier alpha value is -2.08. The highest BCUT2D eigenvalue weighted by Crippen LogP contribution is 2.10. The molecule has 74 valence electrons. The number of aromatic carboxylic acids is 1. The maximum Gasteiger partial charge on any atom is 0.342 e. The lowest BCUT2D eigenvalue weighted by Gasteiger charge is -2.03. The number of nitrogens with one attached hydrogen (secondary N) is 2. The first-order valence-electron chi connectivity index (χ1n) is 3.68. The molecule has 1 aromatic carbocycles. The number of benzene rings is 1. The Bertz CT molecular complexity index is 364. The Morgan fingerprint density at radius 2 is 2.00 bits per heavy atom. The quantitative estimate of drug-likeness (QED) is 0.417. The summed E-state index contributed by atoms with van der Waals surface area (Å²) in [7, 11) is 0. The van der Waals surface area contributed by atoms with Crippen molar-refractivity contribution in [1.29, 1.82) is 0 Å². The molecule has 0 saturated heterocycles. The van der Waals surface area contributed by atoms with Crippen molar-refractivity contribution in [2.75, 3.05) is 5.32 Å². The van der Waals surface area contributed by atoms with Gasteiger partial charge in [-0.2, -0.15) is 0 Å². The standard InChI is InChI=1S/C8H8N2O4/c11-7(12)5-2-1-3-6(4-5)9-8(13)10-14/h1-4,14H,(H,11,12)(H2,9,10,13). The van der Waals surface area contributed by atoms with Crippen molar-refractivity contribution in [3.05, 3.63) is 29.8 Å². The smallest absolute Gasteiger partial charge is 0.342 e. The van der Waals surface area contributed by atoms with Gasteiger partial charge in [0.15, 0.2) is 0 Å². The Labute approximate surface area is 79.1 Å². The van der Waals surface area contributed by atoms with Gasteiger partial charge in [0.1, 0.15) is 0 Å². The molecule has 4 N–H and O–H groups in total. The van der Waals surface area contributed by atoms with Crippen molar-refractivity contribution >= 4 is 17.7 Å². The Morgan fingerprint density at radius 3 is 2.57 bits per heavy atom. The summed E-state index contributed by atoms with van der Waals surface area (Å²) in [5.74, 6) is -1.09. The van der Waals surface area contributed by atoms with Crippen molar-refractivity contribution in [3.63, 3.8) is 0 Å². The maximum absolute atomic E-state index is 10.6. The van der Waals surface area contributed by atoms with Crippen LogP contribution in [0.2, 0.25) is 0 Å². The molecule has 0 aliphatic carbocycles. The third-order valence-corrected chi connectivity index (χ3v) is 1.47. The van der Waals surface area contributed by atoms with Crippen LogP contribution < -0.4 is 10.8 Å². The minimum absolute atomic E-state index is 0.0562. The molecule has 6 nitrogen and oxygen atoms in total.